The summed E-state index contributed by atoms with van der Waals surface area (Å²) >= 11 is 0. The SMILES string of the molecule is Cc1cc(C)cc(OCCN2C(=O)C(Nc3ccccc3)=C(c3ccccc3)C2=O)c1. The lowest BCUT2D eigenvalue weighted by Crippen LogP contribution is -2.36. The third-order valence-electron chi connectivity index (χ3n) is 5.05. The van der Waals surface area contributed by atoms with Gasteiger partial charge in [-0.25, -0.2) is 0 Å². The third kappa shape index (κ3) is 4.51. The van der Waals surface area contributed by atoms with E-state index in [0.717, 1.165) is 22.6 Å². The predicted molar refractivity (Wildman–Crippen MR) is 122 cm³/mol. The number of nitrogens with one attached hydrogen (secondary N) is 1. The Kier molecular flexibility index (Phi) is 5.85. The second-order valence-electron chi connectivity index (χ2n) is 7.54. The maximum atomic E-state index is 13.2. The molecule has 0 aliphatic carbocycles. The van der Waals surface area contributed by atoms with Gasteiger partial charge in [-0.3, -0.25) is 14.5 Å². The number of ether oxygens (including phenoxy) is 1. The van der Waals surface area contributed by atoms with Crippen molar-refractivity contribution < 1.29 is 14.3 Å². The molecule has 31 heavy (non-hydrogen) atoms. The highest BCUT2D eigenvalue weighted by molar-refractivity contribution is 6.36. The lowest BCUT2D eigenvalue weighted by atomic mass is 10.0. The molecule has 0 saturated heterocycles. The first-order chi connectivity index (χ1) is 15.0. The second-order valence-corrected chi connectivity index (χ2v) is 7.54. The van der Waals surface area contributed by atoms with Gasteiger partial charge in [0.15, 0.2) is 0 Å². The van der Waals surface area contributed by atoms with Crippen LogP contribution in [-0.4, -0.2) is 29.9 Å². The highest BCUT2D eigenvalue weighted by atomic mass is 16.5. The van der Waals surface area contributed by atoms with Crippen molar-refractivity contribution >= 4 is 23.1 Å². The van der Waals surface area contributed by atoms with Crippen LogP contribution in [-0.2, 0) is 9.59 Å². The first-order valence-electron chi connectivity index (χ1n) is 10.2. The summed E-state index contributed by atoms with van der Waals surface area (Å²) in [6.07, 6.45) is 0. The highest BCUT2D eigenvalue weighted by Gasteiger charge is 2.39. The molecule has 5 nitrogen and oxygen atoms in total. The van der Waals surface area contributed by atoms with Crippen molar-refractivity contribution in [3.05, 3.63) is 101 Å². The molecular weight excluding hydrogens is 388 g/mol. The third-order valence-corrected chi connectivity index (χ3v) is 5.05. The van der Waals surface area contributed by atoms with Crippen molar-refractivity contribution in [2.45, 2.75) is 13.8 Å². The largest absolute Gasteiger partial charge is 0.492 e. The van der Waals surface area contributed by atoms with Gasteiger partial charge < -0.3 is 10.1 Å². The Morgan fingerprint density at radius 2 is 1.42 bits per heavy atom. The fraction of sp³-hybridized carbons (Fsp3) is 0.154. The fourth-order valence-electron chi connectivity index (χ4n) is 3.70. The summed E-state index contributed by atoms with van der Waals surface area (Å²) in [6.45, 7) is 4.40. The first kappa shape index (κ1) is 20.4. The molecule has 1 aliphatic heterocycles. The maximum Gasteiger partial charge on any atom is 0.278 e. The molecule has 0 unspecified atom stereocenters. The lowest BCUT2D eigenvalue weighted by Gasteiger charge is -2.16. The van der Waals surface area contributed by atoms with E-state index < -0.39 is 0 Å². The first-order valence-corrected chi connectivity index (χ1v) is 10.2. The van der Waals surface area contributed by atoms with Crippen LogP contribution in [0.4, 0.5) is 5.69 Å². The molecule has 0 saturated carbocycles. The topological polar surface area (TPSA) is 58.6 Å². The van der Waals surface area contributed by atoms with E-state index in [1.807, 2.05) is 86.6 Å². The van der Waals surface area contributed by atoms with Crippen LogP contribution in [0.3, 0.4) is 0 Å². The second kappa shape index (κ2) is 8.88. The number of carbonyl (C=O) groups is 2. The number of nitrogens with zero attached hydrogens (tertiary/aromatic N) is 1. The predicted octanol–water partition coefficient (Wildman–Crippen LogP) is 4.57. The van der Waals surface area contributed by atoms with Crippen molar-refractivity contribution in [2.75, 3.05) is 18.5 Å². The fourth-order valence-corrected chi connectivity index (χ4v) is 3.70. The van der Waals surface area contributed by atoms with Gasteiger partial charge in [-0.05, 0) is 54.8 Å². The molecule has 0 bridgehead atoms. The van der Waals surface area contributed by atoms with Crippen LogP contribution < -0.4 is 10.1 Å². The molecule has 0 aromatic heterocycles. The van der Waals surface area contributed by atoms with Gasteiger partial charge in [0.2, 0.25) is 0 Å². The van der Waals surface area contributed by atoms with Gasteiger partial charge in [0.05, 0.1) is 12.1 Å². The molecule has 156 valence electrons. The van der Waals surface area contributed by atoms with Crippen molar-refractivity contribution in [2.24, 2.45) is 0 Å². The zero-order chi connectivity index (χ0) is 21.8. The summed E-state index contributed by atoms with van der Waals surface area (Å²) in [5.74, 6) is 0.0610. The van der Waals surface area contributed by atoms with Gasteiger partial charge in [-0.2, -0.15) is 0 Å². The Labute approximate surface area is 182 Å². The van der Waals surface area contributed by atoms with E-state index in [4.69, 9.17) is 4.74 Å². The molecule has 1 heterocycles. The summed E-state index contributed by atoms with van der Waals surface area (Å²) in [5.41, 5.74) is 4.32. The summed E-state index contributed by atoms with van der Waals surface area (Å²) in [7, 11) is 0. The number of hydrogen-bond donors (Lipinski definition) is 1. The molecular formula is C26H24N2O3. The Hall–Kier alpha value is -3.86. The number of hydrogen-bond acceptors (Lipinski definition) is 4. The van der Waals surface area contributed by atoms with Crippen LogP contribution >= 0.6 is 0 Å². The lowest BCUT2D eigenvalue weighted by molar-refractivity contribution is -0.137. The highest BCUT2D eigenvalue weighted by Crippen LogP contribution is 2.30. The van der Waals surface area contributed by atoms with Gasteiger partial charge in [0.1, 0.15) is 18.1 Å². The number of amides is 2. The summed E-state index contributed by atoms with van der Waals surface area (Å²) in [4.78, 5) is 27.6. The van der Waals surface area contributed by atoms with Gasteiger partial charge in [-0.15, -0.1) is 0 Å². The number of para-hydroxylation sites is 1. The van der Waals surface area contributed by atoms with Crippen molar-refractivity contribution in [3.63, 3.8) is 0 Å². The monoisotopic (exact) mass is 412 g/mol. The standard InChI is InChI=1S/C26H24N2O3/c1-18-15-19(2)17-22(16-18)31-14-13-28-25(29)23(20-9-5-3-6-10-20)24(26(28)30)27-21-11-7-4-8-12-21/h3-12,15-17,27H,13-14H2,1-2H3. The van der Waals surface area contributed by atoms with Gasteiger partial charge in [-0.1, -0.05) is 54.6 Å². The molecule has 4 rings (SSSR count). The van der Waals surface area contributed by atoms with E-state index >= 15 is 0 Å². The van der Waals surface area contributed by atoms with E-state index in [9.17, 15) is 9.59 Å². The average Bonchev–Trinajstić information content (AvgIpc) is 2.98. The molecule has 0 spiro atoms. The Bertz CT molecular complexity index is 1120. The average molecular weight is 412 g/mol. The Morgan fingerprint density at radius 3 is 2.06 bits per heavy atom. The summed E-state index contributed by atoms with van der Waals surface area (Å²) in [5, 5.41) is 3.15. The van der Waals surface area contributed by atoms with Crippen LogP contribution in [0.2, 0.25) is 0 Å². The van der Waals surface area contributed by atoms with Gasteiger partial charge >= 0.3 is 0 Å². The number of imide groups is 1. The molecule has 1 aliphatic rings. The van der Waals surface area contributed by atoms with Crippen LogP contribution in [0.1, 0.15) is 16.7 Å². The Morgan fingerprint density at radius 1 is 0.806 bits per heavy atom. The zero-order valence-corrected chi connectivity index (χ0v) is 17.6. The minimum absolute atomic E-state index is 0.168. The van der Waals surface area contributed by atoms with Crippen LogP contribution in [0.25, 0.3) is 5.57 Å². The molecule has 0 fully saturated rings. The summed E-state index contributed by atoms with van der Waals surface area (Å²) in [6, 6.07) is 24.6. The number of aryl methyl sites for hydroxylation is 2. The Balaban J connectivity index is 1.55. The molecule has 3 aromatic rings. The van der Waals surface area contributed by atoms with Crippen molar-refractivity contribution in [1.29, 1.82) is 0 Å². The van der Waals surface area contributed by atoms with Crippen molar-refractivity contribution in [3.8, 4) is 5.75 Å². The number of anilines is 1. The van der Waals surface area contributed by atoms with E-state index in [-0.39, 0.29) is 30.7 Å². The molecule has 5 heteroatoms. The molecule has 2 amide bonds. The van der Waals surface area contributed by atoms with Crippen LogP contribution in [0.15, 0.2) is 84.6 Å². The minimum Gasteiger partial charge on any atom is -0.492 e. The quantitative estimate of drug-likeness (QED) is 0.578. The van der Waals surface area contributed by atoms with Crippen molar-refractivity contribution in [1.82, 2.24) is 4.90 Å². The van der Waals surface area contributed by atoms with Crippen LogP contribution in [0, 0.1) is 13.8 Å². The van der Waals surface area contributed by atoms with Crippen LogP contribution in [0.5, 0.6) is 5.75 Å². The number of rotatable bonds is 7. The molecule has 0 radical (unpaired) electrons. The van der Waals surface area contributed by atoms with E-state index in [1.54, 1.807) is 0 Å². The summed E-state index contributed by atoms with van der Waals surface area (Å²) < 4.78 is 5.84. The normalized spacial score (nSPS) is 13.7. The number of benzene rings is 3. The maximum absolute atomic E-state index is 13.2. The van der Waals surface area contributed by atoms with E-state index in [0.29, 0.717) is 11.1 Å². The zero-order valence-electron chi connectivity index (χ0n) is 17.6. The van der Waals surface area contributed by atoms with E-state index in [1.165, 1.54) is 4.90 Å². The molecule has 3 aromatic carbocycles. The minimum atomic E-state index is -0.350. The molecule has 1 N–H and O–H groups in total. The molecule has 0 atom stereocenters. The van der Waals surface area contributed by atoms with E-state index in [2.05, 4.69) is 11.4 Å². The number of carbonyl (C=O) groups excluding carboxylic acids is 2. The smallest absolute Gasteiger partial charge is 0.278 e. The van der Waals surface area contributed by atoms with Gasteiger partial charge in [0.25, 0.3) is 11.8 Å². The van der Waals surface area contributed by atoms with Gasteiger partial charge in [0, 0.05) is 5.69 Å².